The monoisotopic (exact) mass is 772 g/mol. The van der Waals surface area contributed by atoms with Crippen molar-refractivity contribution in [2.75, 3.05) is 26.4 Å². The number of rotatable bonds is 32. The average Bonchev–Trinajstić information content (AvgIpc) is 3.13. The van der Waals surface area contributed by atoms with Gasteiger partial charge in [0.15, 0.2) is 6.29 Å². The summed E-state index contributed by atoms with van der Waals surface area (Å²) >= 11 is 0. The maximum atomic E-state index is 11.9. The van der Waals surface area contributed by atoms with Gasteiger partial charge in [-0.15, -0.1) is 0 Å². The molecule has 0 radical (unpaired) electrons. The van der Waals surface area contributed by atoms with Crippen molar-refractivity contribution in [1.29, 1.82) is 0 Å². The van der Waals surface area contributed by atoms with E-state index in [4.69, 9.17) is 23.5 Å². The predicted octanol–water partition coefficient (Wildman–Crippen LogP) is 7.01. The number of carbonyl (C=O) groups excluding carboxylic acids is 1. The van der Waals surface area contributed by atoms with Gasteiger partial charge in [-0.05, 0) is 51.4 Å². The van der Waals surface area contributed by atoms with Crippen LogP contribution in [0.5, 0.6) is 0 Å². The molecule has 0 aromatic carbocycles. The lowest BCUT2D eigenvalue weighted by Crippen LogP contribution is -2.60. The van der Waals surface area contributed by atoms with Gasteiger partial charge in [0.1, 0.15) is 30.5 Å². The van der Waals surface area contributed by atoms with E-state index in [-0.39, 0.29) is 19.6 Å². The van der Waals surface area contributed by atoms with E-state index in [0.717, 1.165) is 57.8 Å². The molecule has 0 bridgehead atoms. The second kappa shape index (κ2) is 32.1. The number of hydrogen-bond donors (Lipinski definition) is 4. The molecule has 0 saturated carbocycles. The van der Waals surface area contributed by atoms with Crippen LogP contribution in [0.4, 0.5) is 0 Å². The summed E-state index contributed by atoms with van der Waals surface area (Å²) in [6.07, 6.45) is 31.1. The highest BCUT2D eigenvalue weighted by Crippen LogP contribution is 2.26. The van der Waals surface area contributed by atoms with E-state index in [1.807, 2.05) is 0 Å². The maximum Gasteiger partial charge on any atom is 0.397 e. The molecule has 0 amide bonds. The van der Waals surface area contributed by atoms with Crippen LogP contribution in [0.1, 0.15) is 123 Å². The van der Waals surface area contributed by atoms with E-state index < -0.39 is 59.8 Å². The van der Waals surface area contributed by atoms with Crippen LogP contribution in [0.25, 0.3) is 0 Å². The molecule has 1 aliphatic heterocycles. The minimum atomic E-state index is -5.04. The zero-order chi connectivity index (χ0) is 39.0. The molecule has 1 heterocycles. The Morgan fingerprint density at radius 3 is 1.74 bits per heavy atom. The first-order valence-electron chi connectivity index (χ1n) is 19.5. The third kappa shape index (κ3) is 26.3. The lowest BCUT2D eigenvalue weighted by Gasteiger charge is -2.41. The third-order valence-electron chi connectivity index (χ3n) is 8.46. The van der Waals surface area contributed by atoms with Crippen molar-refractivity contribution in [2.24, 2.45) is 0 Å². The summed E-state index contributed by atoms with van der Waals surface area (Å²) in [5.41, 5.74) is 0. The van der Waals surface area contributed by atoms with Gasteiger partial charge in [-0.25, -0.2) is 4.18 Å². The number of carbonyl (C=O) groups is 1. The van der Waals surface area contributed by atoms with Crippen molar-refractivity contribution in [3.63, 3.8) is 0 Å². The molecular formula is C40H68O12S. The van der Waals surface area contributed by atoms with Crippen molar-refractivity contribution < 1.29 is 56.2 Å². The van der Waals surface area contributed by atoms with Crippen LogP contribution in [-0.4, -0.2) is 97.5 Å². The Bertz CT molecular complexity index is 1170. The van der Waals surface area contributed by atoms with Gasteiger partial charge in [0.25, 0.3) is 0 Å². The topological polar surface area (TPSA) is 178 Å². The molecule has 1 rings (SSSR count). The molecule has 6 unspecified atom stereocenters. The van der Waals surface area contributed by atoms with Crippen LogP contribution < -0.4 is 0 Å². The molecule has 4 N–H and O–H groups in total. The molecule has 53 heavy (non-hydrogen) atoms. The zero-order valence-electron chi connectivity index (χ0n) is 32.0. The molecule has 1 fully saturated rings. The summed E-state index contributed by atoms with van der Waals surface area (Å²) in [7, 11) is -5.04. The Morgan fingerprint density at radius 2 is 1.23 bits per heavy atom. The van der Waals surface area contributed by atoms with Crippen LogP contribution >= 0.6 is 0 Å². The fraction of sp³-hybridized carbons (Fsp3) is 0.725. The van der Waals surface area contributed by atoms with Gasteiger partial charge in [0.2, 0.25) is 0 Å². The highest BCUT2D eigenvalue weighted by molar-refractivity contribution is 7.80. The minimum Gasteiger partial charge on any atom is -0.457 e. The summed E-state index contributed by atoms with van der Waals surface area (Å²) in [5.74, 6) is -0.492. The molecule has 0 aromatic heterocycles. The normalized spacial score (nSPS) is 22.0. The van der Waals surface area contributed by atoms with Gasteiger partial charge < -0.3 is 34.3 Å². The quantitative estimate of drug-likeness (QED) is 0.0238. The zero-order valence-corrected chi connectivity index (χ0v) is 32.9. The van der Waals surface area contributed by atoms with Crippen molar-refractivity contribution in [1.82, 2.24) is 0 Å². The SMILES string of the molecule is CC/C=C\C/C=C\C/C=C\C/C=C\C/C=C\CCCCCCCCCCCCOCC(COC1OC(CO)C(O)C(OS(=O)(=O)O)C1O)OC(=O)CC. The number of esters is 1. The molecule has 0 aliphatic carbocycles. The number of hydrogen-bond acceptors (Lipinski definition) is 11. The second-order valence-electron chi connectivity index (χ2n) is 13.1. The fourth-order valence-corrected chi connectivity index (χ4v) is 6.00. The van der Waals surface area contributed by atoms with Gasteiger partial charge in [0.05, 0.1) is 19.8 Å². The van der Waals surface area contributed by atoms with Crippen molar-refractivity contribution in [2.45, 2.75) is 160 Å². The summed E-state index contributed by atoms with van der Waals surface area (Å²) < 4.78 is 57.7. The predicted molar refractivity (Wildman–Crippen MR) is 206 cm³/mol. The van der Waals surface area contributed by atoms with Crippen LogP contribution in [0.15, 0.2) is 60.8 Å². The minimum absolute atomic E-state index is 0.0205. The van der Waals surface area contributed by atoms with E-state index >= 15 is 0 Å². The highest BCUT2D eigenvalue weighted by atomic mass is 32.3. The van der Waals surface area contributed by atoms with E-state index in [9.17, 15) is 28.5 Å². The van der Waals surface area contributed by atoms with E-state index in [2.05, 4.69) is 71.9 Å². The molecule has 1 aliphatic rings. The maximum absolute atomic E-state index is 11.9. The highest BCUT2D eigenvalue weighted by Gasteiger charge is 2.48. The summed E-state index contributed by atoms with van der Waals surface area (Å²) in [4.78, 5) is 11.9. The van der Waals surface area contributed by atoms with Crippen molar-refractivity contribution in [3.8, 4) is 0 Å². The molecule has 12 nitrogen and oxygen atoms in total. The van der Waals surface area contributed by atoms with Crippen LogP contribution in [0.2, 0.25) is 0 Å². The summed E-state index contributed by atoms with van der Waals surface area (Å²) in [5, 5.41) is 30.1. The molecule has 0 aromatic rings. The summed E-state index contributed by atoms with van der Waals surface area (Å²) in [6.45, 7) is 3.23. The Morgan fingerprint density at radius 1 is 0.717 bits per heavy atom. The Kier molecular flexibility index (Phi) is 29.6. The van der Waals surface area contributed by atoms with Gasteiger partial charge >= 0.3 is 16.4 Å². The van der Waals surface area contributed by atoms with Crippen LogP contribution in [0.3, 0.4) is 0 Å². The Hall–Kier alpha value is -2.20. The van der Waals surface area contributed by atoms with Gasteiger partial charge in [-0.1, -0.05) is 126 Å². The first kappa shape index (κ1) is 48.8. The Labute approximate surface area is 318 Å². The lowest BCUT2D eigenvalue weighted by atomic mass is 9.99. The fourth-order valence-electron chi connectivity index (χ4n) is 5.50. The number of ether oxygens (including phenoxy) is 4. The second-order valence-corrected chi connectivity index (χ2v) is 14.1. The molecule has 13 heteroatoms. The smallest absolute Gasteiger partial charge is 0.397 e. The summed E-state index contributed by atoms with van der Waals surface area (Å²) in [6, 6.07) is 0. The van der Waals surface area contributed by atoms with E-state index in [1.54, 1.807) is 6.92 Å². The molecule has 306 valence electrons. The third-order valence-corrected chi connectivity index (χ3v) is 8.92. The standard InChI is InChI=1S/C40H68O12S/c1-3-5-6-7-8-9-10-11-12-13-14-15-16-17-18-19-20-21-22-23-24-25-26-27-28-29-30-48-32-34(50-36(42)4-2)33-49-40-38(44)39(52-53(45,46)47)37(43)35(31-41)51-40/h5-6,8-9,11-12,14-15,17-18,34-35,37-41,43-44H,3-4,7,10,13,16,19-33H2,1-2H3,(H,45,46,47)/b6-5-,9-8-,12-11-,15-14-,18-17-. The lowest BCUT2D eigenvalue weighted by molar-refractivity contribution is -0.301. The molecule has 6 atom stereocenters. The number of aliphatic hydroxyl groups excluding tert-OH is 3. The van der Waals surface area contributed by atoms with Gasteiger partial charge in [-0.2, -0.15) is 8.42 Å². The van der Waals surface area contributed by atoms with E-state index in [0.29, 0.717) is 6.61 Å². The first-order valence-corrected chi connectivity index (χ1v) is 20.9. The number of allylic oxidation sites excluding steroid dienone is 10. The molecule has 0 spiro atoms. The number of unbranched alkanes of at least 4 members (excludes halogenated alkanes) is 10. The number of aliphatic hydroxyl groups is 3. The van der Waals surface area contributed by atoms with Gasteiger partial charge in [0, 0.05) is 13.0 Å². The van der Waals surface area contributed by atoms with Crippen molar-refractivity contribution in [3.05, 3.63) is 60.8 Å². The van der Waals surface area contributed by atoms with Crippen LogP contribution in [-0.2, 0) is 38.3 Å². The molecular weight excluding hydrogens is 704 g/mol. The van der Waals surface area contributed by atoms with Crippen molar-refractivity contribution >= 4 is 16.4 Å². The largest absolute Gasteiger partial charge is 0.457 e. The Balaban J connectivity index is 2.10. The van der Waals surface area contributed by atoms with Crippen LogP contribution in [0, 0.1) is 0 Å². The van der Waals surface area contributed by atoms with E-state index in [1.165, 1.54) is 44.9 Å². The first-order chi connectivity index (χ1) is 25.6. The molecule has 1 saturated heterocycles. The van der Waals surface area contributed by atoms with Gasteiger partial charge in [-0.3, -0.25) is 9.35 Å². The average molecular weight is 773 g/mol.